The molecule has 0 spiro atoms. The average molecular weight is 381 g/mol. The molecule has 0 rings (SSSR count). The molecule has 0 bridgehead atoms. The van der Waals surface area contributed by atoms with Gasteiger partial charge in [0.2, 0.25) is 0 Å². The Hall–Kier alpha value is 0.691. The van der Waals surface area contributed by atoms with Gasteiger partial charge in [-0.3, -0.25) is 0 Å². The van der Waals surface area contributed by atoms with E-state index in [4.69, 9.17) is 4.12 Å². The number of aliphatic hydroxyl groups excluding tert-OH is 1. The summed E-state index contributed by atoms with van der Waals surface area (Å²) in [5.41, 5.74) is 0. The van der Waals surface area contributed by atoms with E-state index in [2.05, 4.69) is 74.7 Å². The number of unbranched alkanes of at least 4 members (excludes halogenated alkanes) is 2. The molecule has 0 saturated heterocycles. The molecule has 1 N–H and O–H groups in total. The maximum atomic E-state index is 9.19. The molecule has 5 heteroatoms. The third kappa shape index (κ3) is 11.9. The molecule has 0 aliphatic rings. The monoisotopic (exact) mass is 380 g/mol. The number of aliphatic hydroxyl groups is 1. The molecule has 0 fully saturated rings. The predicted molar refractivity (Wildman–Crippen MR) is 121 cm³/mol. The SMILES string of the molecule is CC(C)(C)[Si](C)(C)O[Si](C)(C)C(C)(C)C.[Li][CH]=CC(O)CCCCC. The summed E-state index contributed by atoms with van der Waals surface area (Å²) in [5, 5.41) is 9.83. The maximum absolute atomic E-state index is 9.19. The summed E-state index contributed by atoms with van der Waals surface area (Å²) in [4.78, 5) is 0. The molecule has 0 saturated carbocycles. The minimum absolute atomic E-state index is 0.212. The first-order valence-corrected chi connectivity index (χ1v) is 15.8. The standard InChI is InChI=1S/C12H30OSi2.C8H15O.Li/c1-11(2,3)14(7,8)13-15(9,10)12(4,5)6;1-3-5-6-7-8(9)4-2;/h1-10H3;2,4,8-9H,3,5-7H2,1H3;. The second-order valence-electron chi connectivity index (χ2n) is 10.2. The summed E-state index contributed by atoms with van der Waals surface area (Å²) in [7, 11) is -3.18. The second-order valence-corrected chi connectivity index (χ2v) is 20.1. The van der Waals surface area contributed by atoms with Crippen LogP contribution in [0.5, 0.6) is 0 Å². The van der Waals surface area contributed by atoms with Gasteiger partial charge in [-0.2, -0.15) is 0 Å². The Bertz CT molecular complexity index is 356. The van der Waals surface area contributed by atoms with E-state index in [1.54, 1.807) is 0 Å². The van der Waals surface area contributed by atoms with Gasteiger partial charge in [-0.25, -0.2) is 0 Å². The van der Waals surface area contributed by atoms with E-state index in [9.17, 15) is 5.11 Å². The molecule has 0 aliphatic heterocycles. The fourth-order valence-corrected chi connectivity index (χ4v) is 9.42. The predicted octanol–water partition coefficient (Wildman–Crippen LogP) is 6.62. The zero-order valence-corrected chi connectivity index (χ0v) is 21.4. The summed E-state index contributed by atoms with van der Waals surface area (Å²) in [6.07, 6.45) is 6.14. The minimum atomic E-state index is -1.59. The molecule has 2 nitrogen and oxygen atoms in total. The first-order chi connectivity index (χ1) is 11.0. The molecule has 0 aromatic rings. The van der Waals surface area contributed by atoms with E-state index in [1.165, 1.54) is 12.8 Å². The number of hydrogen-bond donors (Lipinski definition) is 1. The van der Waals surface area contributed by atoms with Gasteiger partial charge in [-0.05, 0) is 36.3 Å². The van der Waals surface area contributed by atoms with Crippen molar-refractivity contribution < 1.29 is 9.22 Å². The van der Waals surface area contributed by atoms with Crippen molar-refractivity contribution >= 4 is 34.3 Å². The molecular formula is C20H45LiO2Si2. The fraction of sp³-hybridized carbons (Fsp3) is 0.900. The van der Waals surface area contributed by atoms with Crippen LogP contribution in [-0.4, -0.2) is 45.6 Å². The van der Waals surface area contributed by atoms with E-state index in [-0.39, 0.29) is 6.10 Å². The zero-order chi connectivity index (χ0) is 20.5. The third-order valence-electron chi connectivity index (χ3n) is 5.64. The first kappa shape index (κ1) is 27.9. The van der Waals surface area contributed by atoms with Gasteiger partial charge in [-0.1, -0.05) is 41.5 Å². The topological polar surface area (TPSA) is 29.5 Å². The summed E-state index contributed by atoms with van der Waals surface area (Å²) in [5.74, 6) is 0. The van der Waals surface area contributed by atoms with Gasteiger partial charge in [0.05, 0.1) is 0 Å². The summed E-state index contributed by atoms with van der Waals surface area (Å²) < 4.78 is 8.53. The van der Waals surface area contributed by atoms with Crippen LogP contribution in [0.15, 0.2) is 10.8 Å². The zero-order valence-electron chi connectivity index (χ0n) is 19.4. The summed E-state index contributed by atoms with van der Waals surface area (Å²) in [6, 6.07) is 0. The van der Waals surface area contributed by atoms with Crippen LogP contribution >= 0.6 is 0 Å². The number of hydrogen-bond acceptors (Lipinski definition) is 2. The van der Waals surface area contributed by atoms with Gasteiger partial charge in [0.15, 0.2) is 16.6 Å². The normalized spacial score (nSPS) is 15.1. The molecule has 1 unspecified atom stereocenters. The van der Waals surface area contributed by atoms with Crippen LogP contribution < -0.4 is 0 Å². The molecule has 1 atom stereocenters. The van der Waals surface area contributed by atoms with Crippen molar-refractivity contribution in [3.8, 4) is 0 Å². The van der Waals surface area contributed by atoms with Crippen LogP contribution in [0.1, 0.15) is 74.1 Å². The molecule has 0 aromatic heterocycles. The van der Waals surface area contributed by atoms with Crippen LogP contribution in [0.4, 0.5) is 0 Å². The molecule has 0 amide bonds. The van der Waals surface area contributed by atoms with Crippen molar-refractivity contribution in [3.63, 3.8) is 0 Å². The van der Waals surface area contributed by atoms with Gasteiger partial charge in [0.25, 0.3) is 0 Å². The van der Waals surface area contributed by atoms with E-state index < -0.39 is 16.6 Å². The average Bonchev–Trinajstić information content (AvgIpc) is 2.36. The quantitative estimate of drug-likeness (QED) is 0.397. The van der Waals surface area contributed by atoms with Crippen molar-refractivity contribution in [2.75, 3.05) is 0 Å². The molecular weight excluding hydrogens is 335 g/mol. The number of rotatable bonds is 7. The van der Waals surface area contributed by atoms with E-state index in [0.717, 1.165) is 12.8 Å². The van der Waals surface area contributed by atoms with Gasteiger partial charge >= 0.3 is 72.4 Å². The van der Waals surface area contributed by atoms with Gasteiger partial charge < -0.3 is 4.12 Å². The van der Waals surface area contributed by atoms with E-state index in [1.807, 2.05) is 28.5 Å². The van der Waals surface area contributed by atoms with Crippen LogP contribution in [-0.2, 0) is 4.12 Å². The Morgan fingerprint density at radius 3 is 1.60 bits per heavy atom. The van der Waals surface area contributed by atoms with Gasteiger partial charge in [0.1, 0.15) is 0 Å². The van der Waals surface area contributed by atoms with E-state index >= 15 is 0 Å². The van der Waals surface area contributed by atoms with Crippen LogP contribution in [0.25, 0.3) is 0 Å². The summed E-state index contributed by atoms with van der Waals surface area (Å²) >= 11 is 1.93. The second kappa shape index (κ2) is 11.5. The Morgan fingerprint density at radius 2 is 1.32 bits per heavy atom. The Labute approximate surface area is 170 Å². The fourth-order valence-electron chi connectivity index (χ4n) is 1.87. The van der Waals surface area contributed by atoms with Crippen molar-refractivity contribution in [2.24, 2.45) is 0 Å². The van der Waals surface area contributed by atoms with Crippen LogP contribution in [0.3, 0.4) is 0 Å². The molecule has 25 heavy (non-hydrogen) atoms. The molecule has 0 aliphatic carbocycles. The molecule has 0 aromatic carbocycles. The Kier molecular flexibility index (Phi) is 12.9. The van der Waals surface area contributed by atoms with Crippen molar-refractivity contribution in [3.05, 3.63) is 10.8 Å². The van der Waals surface area contributed by atoms with E-state index in [0.29, 0.717) is 10.1 Å². The molecule has 0 radical (unpaired) electrons. The third-order valence-corrected chi connectivity index (χ3v) is 16.9. The van der Waals surface area contributed by atoms with Crippen molar-refractivity contribution in [1.29, 1.82) is 0 Å². The van der Waals surface area contributed by atoms with Gasteiger partial charge in [-0.15, -0.1) is 0 Å². The van der Waals surface area contributed by atoms with Crippen LogP contribution in [0.2, 0.25) is 36.3 Å². The van der Waals surface area contributed by atoms with Gasteiger partial charge in [0, 0.05) is 0 Å². The summed E-state index contributed by atoms with van der Waals surface area (Å²) in [6.45, 7) is 25.5. The molecule has 146 valence electrons. The van der Waals surface area contributed by atoms with Crippen molar-refractivity contribution in [2.45, 2.75) is 117 Å². The van der Waals surface area contributed by atoms with Crippen LogP contribution in [0, 0.1) is 0 Å². The van der Waals surface area contributed by atoms with Crippen molar-refractivity contribution in [1.82, 2.24) is 0 Å². The Balaban J connectivity index is 0. The molecule has 0 heterocycles. The Morgan fingerprint density at radius 1 is 0.920 bits per heavy atom. The first-order valence-electron chi connectivity index (χ1n) is 10.0.